The molecular formula is C14H15BrClNO6. The number of nitrogens with one attached hydrogen (secondary N) is 1. The molecule has 0 bridgehead atoms. The topological polar surface area (TPSA) is 126 Å². The highest BCUT2D eigenvalue weighted by molar-refractivity contribution is 9.10. The number of para-hydroxylation sites is 1. The van der Waals surface area contributed by atoms with Gasteiger partial charge in [-0.05, 0) is 22.0 Å². The van der Waals surface area contributed by atoms with Gasteiger partial charge in [-0.2, -0.15) is 0 Å². The number of alkyl halides is 2. The lowest BCUT2D eigenvalue weighted by atomic mass is 9.77. The van der Waals surface area contributed by atoms with E-state index < -0.39 is 34.2 Å². The summed E-state index contributed by atoms with van der Waals surface area (Å²) in [6.07, 6.45) is -2.51. The molecule has 1 saturated heterocycles. The second kappa shape index (κ2) is 5.40. The van der Waals surface area contributed by atoms with Crippen molar-refractivity contribution >= 4 is 38.4 Å². The van der Waals surface area contributed by atoms with E-state index in [4.69, 9.17) is 16.3 Å². The molecule has 1 fully saturated rings. The Kier molecular flexibility index (Phi) is 4.02. The standard InChI is InChI=1S/C14H15BrClNO6/c15-12(6-18)14(16,22)13(21,10(19)11(20)23-12)8-5-17-9-4-2-1-3-7(8)9/h1-5,10-11,17-22H,6H2. The number of halogens is 2. The van der Waals surface area contributed by atoms with Crippen molar-refractivity contribution in [2.75, 3.05) is 6.61 Å². The van der Waals surface area contributed by atoms with Crippen LogP contribution in [0.4, 0.5) is 0 Å². The van der Waals surface area contributed by atoms with Gasteiger partial charge < -0.3 is 35.3 Å². The predicted molar refractivity (Wildman–Crippen MR) is 84.8 cm³/mol. The largest absolute Gasteiger partial charge is 0.392 e. The molecule has 0 amide bonds. The van der Waals surface area contributed by atoms with Crippen molar-refractivity contribution in [1.82, 2.24) is 4.98 Å². The number of benzene rings is 1. The van der Waals surface area contributed by atoms with E-state index in [1.165, 1.54) is 6.20 Å². The fraction of sp³-hybridized carbons (Fsp3) is 0.429. The van der Waals surface area contributed by atoms with Crippen molar-refractivity contribution in [2.24, 2.45) is 0 Å². The third-order valence-corrected chi connectivity index (χ3v) is 6.04. The van der Waals surface area contributed by atoms with Crippen LogP contribution in [0.5, 0.6) is 0 Å². The molecule has 1 aliphatic rings. The first kappa shape index (κ1) is 17.1. The number of aromatic nitrogens is 1. The minimum absolute atomic E-state index is 0.0534. The third kappa shape index (κ3) is 2.11. The van der Waals surface area contributed by atoms with Gasteiger partial charge in [-0.25, -0.2) is 0 Å². The maximum atomic E-state index is 11.1. The van der Waals surface area contributed by atoms with Gasteiger partial charge >= 0.3 is 0 Å². The molecule has 0 spiro atoms. The molecule has 126 valence electrons. The van der Waals surface area contributed by atoms with Gasteiger partial charge in [0.25, 0.3) is 0 Å². The lowest BCUT2D eigenvalue weighted by Gasteiger charge is -2.54. The molecule has 3 rings (SSSR count). The lowest BCUT2D eigenvalue weighted by Crippen LogP contribution is -2.74. The van der Waals surface area contributed by atoms with Crippen molar-refractivity contribution in [2.45, 2.75) is 27.6 Å². The average molecular weight is 409 g/mol. The number of aliphatic hydroxyl groups excluding tert-OH is 3. The van der Waals surface area contributed by atoms with E-state index in [2.05, 4.69) is 20.9 Å². The van der Waals surface area contributed by atoms with Gasteiger partial charge in [-0.15, -0.1) is 0 Å². The molecule has 1 aliphatic heterocycles. The summed E-state index contributed by atoms with van der Waals surface area (Å²) < 4.78 is 2.87. The van der Waals surface area contributed by atoms with Crippen molar-refractivity contribution in [3.63, 3.8) is 0 Å². The van der Waals surface area contributed by atoms with Crippen LogP contribution in [0.3, 0.4) is 0 Å². The molecule has 2 heterocycles. The second-order valence-electron chi connectivity index (χ2n) is 5.48. The van der Waals surface area contributed by atoms with Crippen molar-refractivity contribution in [3.05, 3.63) is 36.0 Å². The van der Waals surface area contributed by atoms with Crippen LogP contribution < -0.4 is 0 Å². The summed E-state index contributed by atoms with van der Waals surface area (Å²) in [5.74, 6) is 0. The summed E-state index contributed by atoms with van der Waals surface area (Å²) in [4.78, 5) is 2.89. The fourth-order valence-corrected chi connectivity index (χ4v) is 3.70. The van der Waals surface area contributed by atoms with Gasteiger partial charge in [0, 0.05) is 22.7 Å². The number of aliphatic hydroxyl groups is 5. The molecular weight excluding hydrogens is 394 g/mol. The van der Waals surface area contributed by atoms with Crippen LogP contribution in [0.25, 0.3) is 10.9 Å². The van der Waals surface area contributed by atoms with E-state index in [0.717, 1.165) is 0 Å². The molecule has 5 atom stereocenters. The molecule has 0 saturated carbocycles. The molecule has 23 heavy (non-hydrogen) atoms. The Morgan fingerprint density at radius 3 is 2.57 bits per heavy atom. The van der Waals surface area contributed by atoms with Crippen LogP contribution >= 0.6 is 27.5 Å². The highest BCUT2D eigenvalue weighted by Crippen LogP contribution is 2.55. The van der Waals surface area contributed by atoms with Crippen LogP contribution in [0.1, 0.15) is 5.56 Å². The Morgan fingerprint density at radius 2 is 1.91 bits per heavy atom. The second-order valence-corrected chi connectivity index (χ2v) is 7.30. The van der Waals surface area contributed by atoms with Crippen LogP contribution in [0, 0.1) is 0 Å². The summed E-state index contributed by atoms with van der Waals surface area (Å²) in [5.41, 5.74) is -1.86. The lowest BCUT2D eigenvalue weighted by molar-refractivity contribution is -0.348. The van der Waals surface area contributed by atoms with E-state index in [1.807, 2.05) is 0 Å². The average Bonchev–Trinajstić information content (AvgIpc) is 2.96. The Bertz CT molecular complexity index is 739. The van der Waals surface area contributed by atoms with Crippen LogP contribution in [0.2, 0.25) is 0 Å². The van der Waals surface area contributed by atoms with Gasteiger partial charge in [-0.1, -0.05) is 29.8 Å². The molecule has 6 N–H and O–H groups in total. The van der Waals surface area contributed by atoms with Crippen LogP contribution in [-0.4, -0.2) is 59.1 Å². The van der Waals surface area contributed by atoms with E-state index in [-0.39, 0.29) is 5.56 Å². The first-order valence-electron chi connectivity index (χ1n) is 6.73. The van der Waals surface area contributed by atoms with Crippen molar-refractivity contribution in [1.29, 1.82) is 0 Å². The summed E-state index contributed by atoms with van der Waals surface area (Å²) in [5, 5.41) is 49.4. The summed E-state index contributed by atoms with van der Waals surface area (Å²) in [6, 6.07) is 6.84. The van der Waals surface area contributed by atoms with E-state index in [0.29, 0.717) is 10.9 Å². The van der Waals surface area contributed by atoms with Crippen molar-refractivity contribution < 1.29 is 30.3 Å². The number of rotatable bonds is 2. The summed E-state index contributed by atoms with van der Waals surface area (Å²) in [7, 11) is 0. The van der Waals surface area contributed by atoms with Gasteiger partial charge in [0.15, 0.2) is 16.4 Å². The molecule has 5 unspecified atom stereocenters. The smallest absolute Gasteiger partial charge is 0.216 e. The number of hydrogen-bond donors (Lipinski definition) is 6. The number of fused-ring (bicyclic) bond motifs is 1. The zero-order valence-electron chi connectivity index (χ0n) is 11.6. The Hall–Kier alpha value is -0.710. The minimum atomic E-state index is -2.70. The highest BCUT2D eigenvalue weighted by atomic mass is 79.9. The monoisotopic (exact) mass is 407 g/mol. The predicted octanol–water partition coefficient (Wildman–Crippen LogP) is 0.0759. The quantitative estimate of drug-likeness (QED) is 0.391. The summed E-state index contributed by atoms with van der Waals surface area (Å²) >= 11 is 9.04. The van der Waals surface area contributed by atoms with Gasteiger partial charge in [0.2, 0.25) is 5.06 Å². The first-order valence-corrected chi connectivity index (χ1v) is 7.90. The molecule has 0 radical (unpaired) electrons. The molecule has 2 aromatic rings. The molecule has 7 nitrogen and oxygen atoms in total. The Morgan fingerprint density at radius 1 is 1.26 bits per heavy atom. The summed E-state index contributed by atoms with van der Waals surface area (Å²) in [6.45, 7) is -0.874. The fourth-order valence-electron chi connectivity index (χ4n) is 2.89. The van der Waals surface area contributed by atoms with E-state index in [1.54, 1.807) is 24.3 Å². The maximum Gasteiger partial charge on any atom is 0.216 e. The number of H-pyrrole nitrogens is 1. The van der Waals surface area contributed by atoms with Gasteiger partial charge in [-0.3, -0.25) is 0 Å². The van der Waals surface area contributed by atoms with E-state index >= 15 is 0 Å². The minimum Gasteiger partial charge on any atom is -0.392 e. The third-order valence-electron chi connectivity index (χ3n) is 4.21. The van der Waals surface area contributed by atoms with Crippen LogP contribution in [0.15, 0.2) is 30.5 Å². The van der Waals surface area contributed by atoms with Gasteiger partial charge in [0.05, 0.1) is 6.61 Å². The molecule has 0 aliphatic carbocycles. The zero-order valence-corrected chi connectivity index (χ0v) is 14.0. The van der Waals surface area contributed by atoms with Crippen molar-refractivity contribution in [3.8, 4) is 0 Å². The Balaban J connectivity index is 2.28. The number of ether oxygens (including phenoxy) is 1. The molecule has 1 aromatic carbocycles. The maximum absolute atomic E-state index is 11.1. The van der Waals surface area contributed by atoms with E-state index in [9.17, 15) is 25.5 Å². The normalized spacial score (nSPS) is 41.3. The Labute approximate surface area is 144 Å². The number of aromatic amines is 1. The first-order chi connectivity index (χ1) is 10.7. The SMILES string of the molecule is OCC1(Br)OC(O)C(O)C(O)(c2c[nH]c3ccccc23)C1(O)Cl. The molecule has 1 aromatic heterocycles. The highest BCUT2D eigenvalue weighted by Gasteiger charge is 2.71. The zero-order chi connectivity index (χ0) is 17.0. The van der Waals surface area contributed by atoms with Gasteiger partial charge in [0.1, 0.15) is 6.10 Å². The molecule has 9 heteroatoms. The van der Waals surface area contributed by atoms with Crippen LogP contribution in [-0.2, 0) is 10.3 Å². The number of hydrogen-bond acceptors (Lipinski definition) is 6.